The maximum absolute atomic E-state index is 10.7. The van der Waals surface area contributed by atoms with E-state index in [1.54, 1.807) is 11.6 Å². The SMILES string of the molecule is CC(=O)CCc1c(Br)nnn1C. The Hall–Kier alpha value is -0.710. The molecule has 0 N–H and O–H groups in total. The van der Waals surface area contributed by atoms with Crippen molar-refractivity contribution in [2.45, 2.75) is 19.8 Å². The highest BCUT2D eigenvalue weighted by atomic mass is 79.9. The maximum atomic E-state index is 10.7. The Labute approximate surface area is 79.1 Å². The van der Waals surface area contributed by atoms with Crippen molar-refractivity contribution >= 4 is 21.7 Å². The molecule has 0 saturated carbocycles. The number of Topliss-reactive ketones (excluding diaryl/α,β-unsaturated/α-hetero) is 1. The molecule has 0 unspecified atom stereocenters. The summed E-state index contributed by atoms with van der Waals surface area (Å²) in [5.41, 5.74) is 0.963. The van der Waals surface area contributed by atoms with Crippen molar-refractivity contribution in [2.24, 2.45) is 7.05 Å². The predicted octanol–water partition coefficient (Wildman–Crippen LogP) is 1.10. The standard InChI is InChI=1S/C7H10BrN3O/c1-5(12)3-4-6-7(8)9-10-11(6)2/h3-4H2,1-2H3. The van der Waals surface area contributed by atoms with E-state index in [1.165, 1.54) is 0 Å². The fourth-order valence-electron chi connectivity index (χ4n) is 0.911. The van der Waals surface area contributed by atoms with Crippen LogP contribution < -0.4 is 0 Å². The van der Waals surface area contributed by atoms with Crippen LogP contribution in [0.2, 0.25) is 0 Å². The van der Waals surface area contributed by atoms with Gasteiger partial charge in [-0.15, -0.1) is 5.10 Å². The Bertz CT molecular complexity index is 275. The van der Waals surface area contributed by atoms with Gasteiger partial charge < -0.3 is 4.79 Å². The van der Waals surface area contributed by atoms with E-state index in [0.29, 0.717) is 12.8 Å². The lowest BCUT2D eigenvalue weighted by molar-refractivity contribution is -0.117. The van der Waals surface area contributed by atoms with Crippen LogP contribution in [0.15, 0.2) is 4.60 Å². The number of aryl methyl sites for hydroxylation is 1. The number of rotatable bonds is 3. The minimum absolute atomic E-state index is 0.183. The molecule has 0 radical (unpaired) electrons. The molecular formula is C7H10BrN3O. The number of carbonyl (C=O) groups is 1. The first-order valence-corrected chi connectivity index (χ1v) is 4.44. The molecule has 4 nitrogen and oxygen atoms in total. The van der Waals surface area contributed by atoms with Crippen molar-refractivity contribution in [1.82, 2.24) is 15.0 Å². The van der Waals surface area contributed by atoms with E-state index in [0.717, 1.165) is 10.3 Å². The largest absolute Gasteiger partial charge is 0.300 e. The summed E-state index contributed by atoms with van der Waals surface area (Å²) in [5.74, 6) is 0.183. The van der Waals surface area contributed by atoms with E-state index < -0.39 is 0 Å². The first kappa shape index (κ1) is 9.38. The highest BCUT2D eigenvalue weighted by molar-refractivity contribution is 9.10. The number of hydrogen-bond donors (Lipinski definition) is 0. The quantitative estimate of drug-likeness (QED) is 0.783. The Morgan fingerprint density at radius 3 is 2.75 bits per heavy atom. The third-order valence-corrected chi connectivity index (χ3v) is 2.23. The molecule has 1 rings (SSSR count). The number of ketones is 1. The minimum atomic E-state index is 0.183. The van der Waals surface area contributed by atoms with E-state index in [-0.39, 0.29) is 5.78 Å². The normalized spacial score (nSPS) is 10.2. The average molecular weight is 232 g/mol. The third kappa shape index (κ3) is 2.14. The zero-order valence-electron chi connectivity index (χ0n) is 7.04. The smallest absolute Gasteiger partial charge is 0.151 e. The molecule has 1 heterocycles. The van der Waals surface area contributed by atoms with Gasteiger partial charge in [0, 0.05) is 13.5 Å². The van der Waals surface area contributed by atoms with Crippen molar-refractivity contribution in [3.8, 4) is 0 Å². The fraction of sp³-hybridized carbons (Fsp3) is 0.571. The van der Waals surface area contributed by atoms with Crippen LogP contribution in [0, 0.1) is 0 Å². The van der Waals surface area contributed by atoms with Gasteiger partial charge in [0.25, 0.3) is 0 Å². The molecule has 66 valence electrons. The molecule has 0 spiro atoms. The number of hydrogen-bond acceptors (Lipinski definition) is 3. The Morgan fingerprint density at radius 1 is 1.67 bits per heavy atom. The monoisotopic (exact) mass is 231 g/mol. The molecule has 0 fully saturated rings. The van der Waals surface area contributed by atoms with Crippen molar-refractivity contribution in [1.29, 1.82) is 0 Å². The van der Waals surface area contributed by atoms with Gasteiger partial charge in [-0.05, 0) is 29.3 Å². The molecule has 0 aliphatic carbocycles. The van der Waals surface area contributed by atoms with E-state index >= 15 is 0 Å². The first-order chi connectivity index (χ1) is 5.61. The molecule has 0 saturated heterocycles. The van der Waals surface area contributed by atoms with Gasteiger partial charge in [-0.2, -0.15) is 0 Å². The van der Waals surface area contributed by atoms with Gasteiger partial charge in [-0.25, -0.2) is 0 Å². The van der Waals surface area contributed by atoms with Crippen LogP contribution in [0.3, 0.4) is 0 Å². The summed E-state index contributed by atoms with van der Waals surface area (Å²) in [6.45, 7) is 1.58. The minimum Gasteiger partial charge on any atom is -0.300 e. The van der Waals surface area contributed by atoms with Crippen LogP contribution in [0.25, 0.3) is 0 Å². The molecule has 0 bridgehead atoms. The number of aromatic nitrogens is 3. The summed E-state index contributed by atoms with van der Waals surface area (Å²) in [6.07, 6.45) is 1.24. The van der Waals surface area contributed by atoms with E-state index in [1.807, 2.05) is 7.05 Å². The second kappa shape index (κ2) is 3.80. The van der Waals surface area contributed by atoms with Gasteiger partial charge in [-0.1, -0.05) is 5.21 Å². The lowest BCUT2D eigenvalue weighted by Crippen LogP contribution is -2.01. The molecule has 0 atom stereocenters. The highest BCUT2D eigenvalue weighted by Crippen LogP contribution is 2.13. The van der Waals surface area contributed by atoms with E-state index in [9.17, 15) is 4.79 Å². The van der Waals surface area contributed by atoms with Crippen LogP contribution in [0.1, 0.15) is 19.0 Å². The molecule has 5 heteroatoms. The molecule has 0 aromatic carbocycles. The van der Waals surface area contributed by atoms with Gasteiger partial charge in [0.15, 0.2) is 4.60 Å². The Morgan fingerprint density at radius 2 is 2.33 bits per heavy atom. The van der Waals surface area contributed by atoms with Crippen molar-refractivity contribution in [3.63, 3.8) is 0 Å². The average Bonchev–Trinajstić information content (AvgIpc) is 2.28. The van der Waals surface area contributed by atoms with Crippen LogP contribution in [-0.4, -0.2) is 20.8 Å². The molecule has 1 aromatic heterocycles. The lowest BCUT2D eigenvalue weighted by atomic mass is 10.2. The van der Waals surface area contributed by atoms with Crippen molar-refractivity contribution < 1.29 is 4.79 Å². The number of carbonyl (C=O) groups excluding carboxylic acids is 1. The van der Waals surface area contributed by atoms with Crippen molar-refractivity contribution in [3.05, 3.63) is 10.3 Å². The Kier molecular flexibility index (Phi) is 2.97. The van der Waals surface area contributed by atoms with Crippen molar-refractivity contribution in [2.75, 3.05) is 0 Å². The zero-order chi connectivity index (χ0) is 9.14. The summed E-state index contributed by atoms with van der Waals surface area (Å²) >= 11 is 3.26. The van der Waals surface area contributed by atoms with Crippen LogP contribution in [-0.2, 0) is 18.3 Å². The second-order valence-electron chi connectivity index (χ2n) is 2.65. The maximum Gasteiger partial charge on any atom is 0.151 e. The first-order valence-electron chi connectivity index (χ1n) is 3.64. The molecule has 12 heavy (non-hydrogen) atoms. The number of halogens is 1. The van der Waals surface area contributed by atoms with Gasteiger partial charge in [0.05, 0.1) is 5.69 Å². The molecule has 1 aromatic rings. The fourth-order valence-corrected chi connectivity index (χ4v) is 1.44. The Balaban J connectivity index is 2.68. The molecular weight excluding hydrogens is 222 g/mol. The van der Waals surface area contributed by atoms with Crippen LogP contribution in [0.4, 0.5) is 0 Å². The van der Waals surface area contributed by atoms with Gasteiger partial charge in [0.2, 0.25) is 0 Å². The summed E-state index contributed by atoms with van der Waals surface area (Å²) in [6, 6.07) is 0. The highest BCUT2D eigenvalue weighted by Gasteiger charge is 2.07. The van der Waals surface area contributed by atoms with Gasteiger partial charge >= 0.3 is 0 Å². The lowest BCUT2D eigenvalue weighted by Gasteiger charge is -1.97. The van der Waals surface area contributed by atoms with Crippen LogP contribution in [0.5, 0.6) is 0 Å². The summed E-state index contributed by atoms with van der Waals surface area (Å²) in [4.78, 5) is 10.7. The summed E-state index contributed by atoms with van der Waals surface area (Å²) in [5, 5.41) is 7.62. The molecule has 0 amide bonds. The number of nitrogens with zero attached hydrogens (tertiary/aromatic N) is 3. The van der Waals surface area contributed by atoms with E-state index in [2.05, 4.69) is 26.2 Å². The summed E-state index contributed by atoms with van der Waals surface area (Å²) in [7, 11) is 1.81. The van der Waals surface area contributed by atoms with Crippen LogP contribution >= 0.6 is 15.9 Å². The second-order valence-corrected chi connectivity index (χ2v) is 3.40. The molecule has 0 aliphatic rings. The summed E-state index contributed by atoms with van der Waals surface area (Å²) < 4.78 is 2.40. The van der Waals surface area contributed by atoms with E-state index in [4.69, 9.17) is 0 Å². The topological polar surface area (TPSA) is 47.8 Å². The molecule has 0 aliphatic heterocycles. The van der Waals surface area contributed by atoms with Gasteiger partial charge in [0.1, 0.15) is 5.78 Å². The third-order valence-electron chi connectivity index (χ3n) is 1.61. The van der Waals surface area contributed by atoms with Gasteiger partial charge in [-0.3, -0.25) is 4.68 Å². The zero-order valence-corrected chi connectivity index (χ0v) is 8.63. The predicted molar refractivity (Wildman–Crippen MR) is 47.7 cm³/mol.